The highest BCUT2D eigenvalue weighted by atomic mass is 32.2. The van der Waals surface area contributed by atoms with Crippen molar-refractivity contribution < 1.29 is 8.42 Å². The Morgan fingerprint density at radius 1 is 1.24 bits per heavy atom. The summed E-state index contributed by atoms with van der Waals surface area (Å²) in [5, 5.41) is 3.04. The molecule has 0 amide bonds. The van der Waals surface area contributed by atoms with Crippen LogP contribution in [0.4, 0.5) is 0 Å². The topological polar surface area (TPSA) is 67.2 Å². The summed E-state index contributed by atoms with van der Waals surface area (Å²) in [5.41, 5.74) is 1.06. The van der Waals surface area contributed by atoms with Gasteiger partial charge in [0.05, 0.1) is 11.4 Å². The van der Waals surface area contributed by atoms with E-state index in [4.69, 9.17) is 0 Å². The molecule has 1 aliphatic rings. The van der Waals surface area contributed by atoms with E-state index in [1.165, 1.54) is 4.31 Å². The molecule has 3 rings (SSSR count). The molecule has 1 aromatic carbocycles. The van der Waals surface area contributed by atoms with Crippen LogP contribution in [-0.2, 0) is 29.7 Å². The Morgan fingerprint density at radius 2 is 2.00 bits per heavy atom. The first-order chi connectivity index (χ1) is 10.1. The fraction of sp³-hybridized carbons (Fsp3) is 0.357. The molecule has 1 aliphatic heterocycles. The van der Waals surface area contributed by atoms with Crippen molar-refractivity contribution in [3.8, 4) is 0 Å². The molecule has 0 spiro atoms. The molecule has 0 radical (unpaired) electrons. The van der Waals surface area contributed by atoms with E-state index in [1.54, 1.807) is 18.3 Å². The largest absolute Gasteiger partial charge is 0.333 e. The highest BCUT2D eigenvalue weighted by molar-refractivity contribution is 7.89. The molecule has 0 saturated heterocycles. The van der Waals surface area contributed by atoms with E-state index >= 15 is 0 Å². The molecule has 21 heavy (non-hydrogen) atoms. The Labute approximate surface area is 124 Å². The molecule has 6 nitrogen and oxygen atoms in total. The Balaban J connectivity index is 1.84. The molecule has 0 unspecified atom stereocenters. The highest BCUT2D eigenvalue weighted by Crippen LogP contribution is 2.21. The van der Waals surface area contributed by atoms with Crippen LogP contribution >= 0.6 is 0 Å². The number of nitrogens with zero attached hydrogens (tertiary/aromatic N) is 3. The third-order valence-corrected chi connectivity index (χ3v) is 5.51. The minimum Gasteiger partial charge on any atom is -0.333 e. The lowest BCUT2D eigenvalue weighted by Gasteiger charge is -2.27. The van der Waals surface area contributed by atoms with Crippen molar-refractivity contribution in [1.29, 1.82) is 0 Å². The molecular weight excluding hydrogens is 288 g/mol. The van der Waals surface area contributed by atoms with Crippen molar-refractivity contribution in [3.63, 3.8) is 0 Å². The van der Waals surface area contributed by atoms with Crippen molar-refractivity contribution in [2.45, 2.75) is 24.5 Å². The number of hydrogen-bond donors (Lipinski definition) is 1. The summed E-state index contributed by atoms with van der Waals surface area (Å²) < 4.78 is 28.8. The summed E-state index contributed by atoms with van der Waals surface area (Å²) in [6, 6.07) is 7.02. The van der Waals surface area contributed by atoms with Gasteiger partial charge in [-0.15, -0.1) is 0 Å². The van der Waals surface area contributed by atoms with Gasteiger partial charge in [-0.3, -0.25) is 0 Å². The van der Waals surface area contributed by atoms with Gasteiger partial charge in [-0.05, 0) is 24.7 Å². The lowest BCUT2D eigenvalue weighted by molar-refractivity contribution is 0.335. The van der Waals surface area contributed by atoms with Gasteiger partial charge in [0.15, 0.2) is 0 Å². The molecule has 1 N–H and O–H groups in total. The average Bonchev–Trinajstić information content (AvgIpc) is 2.95. The first kappa shape index (κ1) is 14.2. The molecule has 7 heteroatoms. The SMILES string of the molecule is CNCc1ccc(S(=O)(=O)N2CCn3ccnc3C2)cc1. The summed E-state index contributed by atoms with van der Waals surface area (Å²) in [5.74, 6) is 0.789. The fourth-order valence-corrected chi connectivity index (χ4v) is 3.87. The average molecular weight is 306 g/mol. The number of sulfonamides is 1. The molecule has 0 aliphatic carbocycles. The van der Waals surface area contributed by atoms with E-state index in [0.29, 0.717) is 24.5 Å². The third kappa shape index (κ3) is 2.72. The molecule has 2 heterocycles. The number of rotatable bonds is 4. The number of hydrogen-bond acceptors (Lipinski definition) is 4. The van der Waals surface area contributed by atoms with E-state index in [1.807, 2.05) is 29.9 Å². The molecule has 2 aromatic rings. The first-order valence-electron chi connectivity index (χ1n) is 6.85. The van der Waals surface area contributed by atoms with E-state index in [0.717, 1.165) is 17.9 Å². The predicted octanol–water partition coefficient (Wildman–Crippen LogP) is 0.807. The normalized spacial score (nSPS) is 15.9. The smallest absolute Gasteiger partial charge is 0.243 e. The van der Waals surface area contributed by atoms with Crippen molar-refractivity contribution in [2.75, 3.05) is 13.6 Å². The van der Waals surface area contributed by atoms with Crippen molar-refractivity contribution in [3.05, 3.63) is 48.0 Å². The van der Waals surface area contributed by atoms with Gasteiger partial charge in [0.25, 0.3) is 0 Å². The van der Waals surface area contributed by atoms with Gasteiger partial charge < -0.3 is 9.88 Å². The number of aromatic nitrogens is 2. The number of nitrogens with one attached hydrogen (secondary N) is 1. The quantitative estimate of drug-likeness (QED) is 0.907. The van der Waals surface area contributed by atoms with Crippen LogP contribution < -0.4 is 5.32 Å². The van der Waals surface area contributed by atoms with Crippen LogP contribution in [0.5, 0.6) is 0 Å². The highest BCUT2D eigenvalue weighted by Gasteiger charge is 2.28. The Hall–Kier alpha value is -1.70. The first-order valence-corrected chi connectivity index (χ1v) is 8.29. The van der Waals surface area contributed by atoms with Gasteiger partial charge in [-0.25, -0.2) is 13.4 Å². The van der Waals surface area contributed by atoms with Crippen LogP contribution in [0.3, 0.4) is 0 Å². The Kier molecular flexibility index (Phi) is 3.79. The zero-order valence-electron chi connectivity index (χ0n) is 11.9. The minimum absolute atomic E-state index is 0.327. The van der Waals surface area contributed by atoms with Crippen molar-refractivity contribution in [1.82, 2.24) is 19.2 Å². The summed E-state index contributed by atoms with van der Waals surface area (Å²) in [6.45, 7) is 2.17. The molecule has 0 bridgehead atoms. The Morgan fingerprint density at radius 3 is 2.71 bits per heavy atom. The van der Waals surface area contributed by atoms with Gasteiger partial charge >= 0.3 is 0 Å². The van der Waals surface area contributed by atoms with Gasteiger partial charge in [-0.1, -0.05) is 12.1 Å². The van der Waals surface area contributed by atoms with Crippen LogP contribution in [0.15, 0.2) is 41.6 Å². The lowest BCUT2D eigenvalue weighted by atomic mass is 10.2. The second-order valence-corrected chi connectivity index (χ2v) is 6.99. The third-order valence-electron chi connectivity index (χ3n) is 3.65. The zero-order valence-corrected chi connectivity index (χ0v) is 12.7. The van der Waals surface area contributed by atoms with Crippen LogP contribution in [0.2, 0.25) is 0 Å². The summed E-state index contributed by atoms with van der Waals surface area (Å²) in [4.78, 5) is 4.54. The van der Waals surface area contributed by atoms with Gasteiger partial charge in [0.1, 0.15) is 5.82 Å². The molecule has 0 fully saturated rings. The maximum absolute atomic E-state index is 12.7. The molecule has 1 aromatic heterocycles. The lowest BCUT2D eigenvalue weighted by Crippen LogP contribution is -2.38. The number of imidazole rings is 1. The predicted molar refractivity (Wildman–Crippen MR) is 79.0 cm³/mol. The zero-order chi connectivity index (χ0) is 14.9. The second kappa shape index (κ2) is 5.59. The maximum Gasteiger partial charge on any atom is 0.243 e. The summed E-state index contributed by atoms with van der Waals surface area (Å²) >= 11 is 0. The standard InChI is InChI=1S/C14H18N4O2S/c1-15-10-12-2-4-13(5-3-12)21(19,20)18-9-8-17-7-6-16-14(17)11-18/h2-7,15H,8-11H2,1H3. The van der Waals surface area contributed by atoms with Gasteiger partial charge in [0, 0.05) is 32.0 Å². The number of benzene rings is 1. The van der Waals surface area contributed by atoms with Crippen LogP contribution in [0.25, 0.3) is 0 Å². The van der Waals surface area contributed by atoms with E-state index in [-0.39, 0.29) is 0 Å². The second-order valence-electron chi connectivity index (χ2n) is 5.05. The van der Waals surface area contributed by atoms with E-state index in [2.05, 4.69) is 10.3 Å². The molecule has 0 atom stereocenters. The minimum atomic E-state index is -3.45. The summed E-state index contributed by atoms with van der Waals surface area (Å²) in [6.07, 6.45) is 3.59. The summed E-state index contributed by atoms with van der Waals surface area (Å²) in [7, 11) is -1.59. The van der Waals surface area contributed by atoms with E-state index < -0.39 is 10.0 Å². The van der Waals surface area contributed by atoms with Crippen LogP contribution in [0, 0.1) is 0 Å². The van der Waals surface area contributed by atoms with Gasteiger partial charge in [0.2, 0.25) is 10.0 Å². The van der Waals surface area contributed by atoms with Gasteiger partial charge in [-0.2, -0.15) is 4.31 Å². The molecular formula is C14H18N4O2S. The fourth-order valence-electron chi connectivity index (χ4n) is 2.49. The van der Waals surface area contributed by atoms with Crippen LogP contribution in [-0.4, -0.2) is 35.9 Å². The number of fused-ring (bicyclic) bond motifs is 1. The maximum atomic E-state index is 12.7. The van der Waals surface area contributed by atoms with Crippen molar-refractivity contribution in [2.24, 2.45) is 0 Å². The molecule has 112 valence electrons. The van der Waals surface area contributed by atoms with E-state index in [9.17, 15) is 8.42 Å². The molecule has 0 saturated carbocycles. The van der Waals surface area contributed by atoms with Crippen LogP contribution in [0.1, 0.15) is 11.4 Å². The van der Waals surface area contributed by atoms with Crippen molar-refractivity contribution >= 4 is 10.0 Å². The monoisotopic (exact) mass is 306 g/mol. The Bertz CT molecular complexity index is 722.